The van der Waals surface area contributed by atoms with Crippen molar-refractivity contribution >= 4 is 27.5 Å². The number of nitrogens with one attached hydrogen (secondary N) is 1. The van der Waals surface area contributed by atoms with E-state index in [2.05, 4.69) is 5.32 Å². The zero-order chi connectivity index (χ0) is 15.9. The molecule has 21 heavy (non-hydrogen) atoms. The summed E-state index contributed by atoms with van der Waals surface area (Å²) in [7, 11) is -2.25. The van der Waals surface area contributed by atoms with E-state index in [1.165, 1.54) is 18.2 Å². The SMILES string of the molecule is COCCCCCNC(=O)c1cc(Cl)cc(S(N)(=O)=O)c1. The molecule has 0 aromatic heterocycles. The van der Waals surface area contributed by atoms with Crippen molar-refractivity contribution in [3.63, 3.8) is 0 Å². The van der Waals surface area contributed by atoms with Crippen molar-refractivity contribution in [1.29, 1.82) is 0 Å². The predicted molar refractivity (Wildman–Crippen MR) is 80.9 cm³/mol. The molecule has 0 radical (unpaired) electrons. The van der Waals surface area contributed by atoms with Gasteiger partial charge in [-0.05, 0) is 37.5 Å². The fraction of sp³-hybridized carbons (Fsp3) is 0.462. The van der Waals surface area contributed by atoms with Crippen LogP contribution in [-0.2, 0) is 14.8 Å². The summed E-state index contributed by atoms with van der Waals surface area (Å²) in [5.74, 6) is -0.380. The first kappa shape index (κ1) is 17.9. The molecule has 0 aliphatic rings. The first-order valence-corrected chi connectivity index (χ1v) is 8.37. The molecule has 0 saturated heterocycles. The molecule has 0 unspecified atom stereocenters. The fourth-order valence-electron chi connectivity index (χ4n) is 1.71. The summed E-state index contributed by atoms with van der Waals surface area (Å²) < 4.78 is 27.5. The number of unbranched alkanes of at least 4 members (excludes halogenated alkanes) is 2. The van der Waals surface area contributed by atoms with E-state index in [4.69, 9.17) is 21.5 Å². The minimum absolute atomic E-state index is 0.145. The third-order valence-corrected chi connectivity index (χ3v) is 3.88. The quantitative estimate of drug-likeness (QED) is 0.704. The first-order valence-electron chi connectivity index (χ1n) is 6.45. The van der Waals surface area contributed by atoms with Crippen LogP contribution in [0.4, 0.5) is 0 Å². The molecular formula is C13H19ClN2O4S. The van der Waals surface area contributed by atoms with Crippen LogP contribution >= 0.6 is 11.6 Å². The maximum atomic E-state index is 11.9. The average molecular weight is 335 g/mol. The third kappa shape index (κ3) is 6.43. The molecule has 1 rings (SSSR count). The Morgan fingerprint density at radius 2 is 2.00 bits per heavy atom. The molecule has 0 spiro atoms. The molecule has 1 aromatic rings. The summed E-state index contributed by atoms with van der Waals surface area (Å²) >= 11 is 5.80. The molecular weight excluding hydrogens is 316 g/mol. The minimum Gasteiger partial charge on any atom is -0.385 e. The van der Waals surface area contributed by atoms with Gasteiger partial charge in [-0.2, -0.15) is 0 Å². The van der Waals surface area contributed by atoms with Gasteiger partial charge in [0.2, 0.25) is 10.0 Å². The van der Waals surface area contributed by atoms with Crippen molar-refractivity contribution in [3.8, 4) is 0 Å². The molecule has 0 heterocycles. The van der Waals surface area contributed by atoms with Gasteiger partial charge in [-0.15, -0.1) is 0 Å². The van der Waals surface area contributed by atoms with Crippen LogP contribution in [0, 0.1) is 0 Å². The van der Waals surface area contributed by atoms with Crippen LogP contribution < -0.4 is 10.5 Å². The molecule has 6 nitrogen and oxygen atoms in total. The summed E-state index contributed by atoms with van der Waals surface area (Å²) in [5, 5.41) is 7.89. The normalized spacial score (nSPS) is 11.4. The third-order valence-electron chi connectivity index (χ3n) is 2.77. The average Bonchev–Trinajstić information content (AvgIpc) is 2.40. The van der Waals surface area contributed by atoms with E-state index >= 15 is 0 Å². The molecule has 0 bridgehead atoms. The number of rotatable bonds is 8. The Hall–Kier alpha value is -1.15. The Morgan fingerprint density at radius 3 is 2.62 bits per heavy atom. The fourth-order valence-corrected chi connectivity index (χ4v) is 2.59. The number of hydrogen-bond acceptors (Lipinski definition) is 4. The van der Waals surface area contributed by atoms with Crippen LogP contribution in [-0.4, -0.2) is 34.6 Å². The highest BCUT2D eigenvalue weighted by Gasteiger charge is 2.13. The largest absolute Gasteiger partial charge is 0.385 e. The van der Waals surface area contributed by atoms with E-state index < -0.39 is 10.0 Å². The molecule has 0 aliphatic heterocycles. The summed E-state index contributed by atoms with van der Waals surface area (Å²) in [6, 6.07) is 3.82. The van der Waals surface area contributed by atoms with Gasteiger partial charge in [-0.25, -0.2) is 13.6 Å². The van der Waals surface area contributed by atoms with Gasteiger partial charge in [0.15, 0.2) is 0 Å². The Balaban J connectivity index is 2.60. The molecule has 1 amide bonds. The number of methoxy groups -OCH3 is 1. The van der Waals surface area contributed by atoms with Crippen molar-refractivity contribution in [2.24, 2.45) is 5.14 Å². The van der Waals surface area contributed by atoms with Crippen molar-refractivity contribution in [2.75, 3.05) is 20.3 Å². The van der Waals surface area contributed by atoms with E-state index in [9.17, 15) is 13.2 Å². The second-order valence-electron chi connectivity index (χ2n) is 4.53. The van der Waals surface area contributed by atoms with Crippen LogP contribution in [0.5, 0.6) is 0 Å². The number of halogens is 1. The highest BCUT2D eigenvalue weighted by molar-refractivity contribution is 7.89. The molecule has 118 valence electrons. The maximum Gasteiger partial charge on any atom is 0.251 e. The molecule has 8 heteroatoms. The lowest BCUT2D eigenvalue weighted by Crippen LogP contribution is -2.25. The van der Waals surface area contributed by atoms with Crippen molar-refractivity contribution < 1.29 is 17.9 Å². The second-order valence-corrected chi connectivity index (χ2v) is 6.53. The van der Waals surface area contributed by atoms with Gasteiger partial charge in [0, 0.05) is 30.8 Å². The monoisotopic (exact) mass is 334 g/mol. The van der Waals surface area contributed by atoms with Crippen LogP contribution in [0.3, 0.4) is 0 Å². The highest BCUT2D eigenvalue weighted by Crippen LogP contribution is 2.18. The van der Waals surface area contributed by atoms with Crippen LogP contribution in [0.2, 0.25) is 5.02 Å². The molecule has 0 fully saturated rings. The van der Waals surface area contributed by atoms with Crippen LogP contribution in [0.25, 0.3) is 0 Å². The summed E-state index contributed by atoms with van der Waals surface area (Å²) in [6.45, 7) is 1.19. The number of amides is 1. The Morgan fingerprint density at radius 1 is 1.29 bits per heavy atom. The number of ether oxygens (including phenoxy) is 1. The van der Waals surface area contributed by atoms with E-state index in [1.807, 2.05) is 0 Å². The predicted octanol–water partition coefficient (Wildman–Crippen LogP) is 1.53. The smallest absolute Gasteiger partial charge is 0.251 e. The van der Waals surface area contributed by atoms with E-state index in [1.54, 1.807) is 7.11 Å². The summed E-state index contributed by atoms with van der Waals surface area (Å²) in [4.78, 5) is 11.8. The highest BCUT2D eigenvalue weighted by atomic mass is 35.5. The Bertz CT molecular complexity index is 590. The van der Waals surface area contributed by atoms with Crippen LogP contribution in [0.1, 0.15) is 29.6 Å². The topological polar surface area (TPSA) is 98.5 Å². The van der Waals surface area contributed by atoms with Crippen molar-refractivity contribution in [1.82, 2.24) is 5.32 Å². The van der Waals surface area contributed by atoms with E-state index in [0.29, 0.717) is 13.2 Å². The van der Waals surface area contributed by atoms with Crippen molar-refractivity contribution in [3.05, 3.63) is 28.8 Å². The Labute approximate surface area is 129 Å². The van der Waals surface area contributed by atoms with Crippen LogP contribution in [0.15, 0.2) is 23.1 Å². The van der Waals surface area contributed by atoms with Gasteiger partial charge in [0.1, 0.15) is 0 Å². The number of sulfonamides is 1. The van der Waals surface area contributed by atoms with Gasteiger partial charge in [0.05, 0.1) is 4.90 Å². The lowest BCUT2D eigenvalue weighted by Gasteiger charge is -2.07. The van der Waals surface area contributed by atoms with Crippen molar-refractivity contribution in [2.45, 2.75) is 24.2 Å². The lowest BCUT2D eigenvalue weighted by atomic mass is 10.2. The zero-order valence-electron chi connectivity index (χ0n) is 11.8. The lowest BCUT2D eigenvalue weighted by molar-refractivity contribution is 0.0952. The number of hydrogen-bond donors (Lipinski definition) is 2. The standard InChI is InChI=1S/C13H19ClN2O4S/c1-20-6-4-2-3-5-16-13(17)10-7-11(14)9-12(8-10)21(15,18)19/h7-9H,2-6H2,1H3,(H,16,17)(H2,15,18,19). The first-order chi connectivity index (χ1) is 9.84. The number of carbonyl (C=O) groups excluding carboxylic acids is 1. The van der Waals surface area contributed by atoms with Gasteiger partial charge in [0.25, 0.3) is 5.91 Å². The van der Waals surface area contributed by atoms with Gasteiger partial charge < -0.3 is 10.1 Å². The number of primary sulfonamides is 1. The van der Waals surface area contributed by atoms with Gasteiger partial charge in [-0.3, -0.25) is 4.79 Å². The summed E-state index contributed by atoms with van der Waals surface area (Å²) in [5.41, 5.74) is 0.170. The van der Waals surface area contributed by atoms with E-state index in [0.717, 1.165) is 19.3 Å². The minimum atomic E-state index is -3.90. The number of benzene rings is 1. The molecule has 1 aromatic carbocycles. The molecule has 0 aliphatic carbocycles. The summed E-state index contributed by atoms with van der Waals surface area (Å²) in [6.07, 6.45) is 2.68. The molecule has 3 N–H and O–H groups in total. The van der Waals surface area contributed by atoms with Gasteiger partial charge >= 0.3 is 0 Å². The molecule has 0 atom stereocenters. The second kappa shape index (κ2) is 8.33. The van der Waals surface area contributed by atoms with E-state index in [-0.39, 0.29) is 21.4 Å². The Kier molecular flexibility index (Phi) is 7.10. The van der Waals surface area contributed by atoms with Gasteiger partial charge in [-0.1, -0.05) is 11.6 Å². The maximum absolute atomic E-state index is 11.9. The number of carbonyl (C=O) groups is 1. The molecule has 0 saturated carbocycles. The number of nitrogens with two attached hydrogens (primary N) is 1. The zero-order valence-corrected chi connectivity index (χ0v) is 13.3.